The third kappa shape index (κ3) is 6.49. The second-order valence-electron chi connectivity index (χ2n) is 3.76. The van der Waals surface area contributed by atoms with Gasteiger partial charge in [-0.25, -0.2) is 14.7 Å². The van der Waals surface area contributed by atoms with Crippen molar-refractivity contribution in [2.24, 2.45) is 5.14 Å². The number of rotatable bonds is 4. The standard InChI is InChI=1S/C8H16N2O5S/c1-8(2,3)14-7(12)10-5(13-4)6(11)15-16-9/h5H,9H2,1-4H3,(H,10,12). The summed E-state index contributed by atoms with van der Waals surface area (Å²) in [7, 11) is 1.24. The van der Waals surface area contributed by atoms with Crippen LogP contribution in [0, 0.1) is 0 Å². The molecule has 0 heterocycles. The number of methoxy groups -OCH3 is 1. The van der Waals surface area contributed by atoms with Crippen molar-refractivity contribution in [3.8, 4) is 0 Å². The van der Waals surface area contributed by atoms with Crippen LogP contribution in [0.5, 0.6) is 0 Å². The Hall–Kier alpha value is -0.990. The van der Waals surface area contributed by atoms with Crippen molar-refractivity contribution in [2.75, 3.05) is 7.11 Å². The van der Waals surface area contributed by atoms with E-state index in [9.17, 15) is 9.59 Å². The minimum atomic E-state index is -1.24. The van der Waals surface area contributed by atoms with Gasteiger partial charge in [0.05, 0.1) is 0 Å². The predicted molar refractivity (Wildman–Crippen MR) is 58.0 cm³/mol. The Labute approximate surface area is 98.3 Å². The van der Waals surface area contributed by atoms with E-state index in [0.29, 0.717) is 12.2 Å². The molecule has 0 aliphatic carbocycles. The summed E-state index contributed by atoms with van der Waals surface area (Å²) in [6.07, 6.45) is -2.02. The molecule has 94 valence electrons. The molecule has 3 N–H and O–H groups in total. The van der Waals surface area contributed by atoms with Crippen LogP contribution in [-0.4, -0.2) is 31.0 Å². The number of amides is 1. The van der Waals surface area contributed by atoms with Crippen molar-refractivity contribution in [3.63, 3.8) is 0 Å². The summed E-state index contributed by atoms with van der Waals surface area (Å²) in [6.45, 7) is 5.09. The van der Waals surface area contributed by atoms with E-state index >= 15 is 0 Å². The molecule has 8 heteroatoms. The fourth-order valence-electron chi connectivity index (χ4n) is 0.720. The van der Waals surface area contributed by atoms with Gasteiger partial charge in [-0.3, -0.25) is 5.32 Å². The fourth-order valence-corrected chi connectivity index (χ4v) is 0.902. The molecule has 16 heavy (non-hydrogen) atoms. The Morgan fingerprint density at radius 2 is 1.94 bits per heavy atom. The SMILES string of the molecule is COC(NC(=O)OC(C)(C)C)C(=O)OSN. The zero-order valence-corrected chi connectivity index (χ0v) is 10.4. The first-order valence-corrected chi connectivity index (χ1v) is 5.20. The molecule has 0 rings (SSSR count). The fraction of sp³-hybridized carbons (Fsp3) is 0.750. The van der Waals surface area contributed by atoms with Crippen LogP contribution >= 0.6 is 12.2 Å². The average Bonchev–Trinajstić information content (AvgIpc) is 2.11. The van der Waals surface area contributed by atoms with E-state index in [0.717, 1.165) is 0 Å². The lowest BCUT2D eigenvalue weighted by Gasteiger charge is -2.21. The Morgan fingerprint density at radius 3 is 2.31 bits per heavy atom. The van der Waals surface area contributed by atoms with Crippen molar-refractivity contribution >= 4 is 24.3 Å². The zero-order chi connectivity index (χ0) is 12.8. The lowest BCUT2D eigenvalue weighted by Crippen LogP contribution is -2.44. The van der Waals surface area contributed by atoms with Gasteiger partial charge in [-0.1, -0.05) is 0 Å². The lowest BCUT2D eigenvalue weighted by atomic mass is 10.2. The van der Waals surface area contributed by atoms with E-state index < -0.39 is 23.9 Å². The highest BCUT2D eigenvalue weighted by atomic mass is 32.2. The van der Waals surface area contributed by atoms with E-state index in [1.165, 1.54) is 7.11 Å². The van der Waals surface area contributed by atoms with Crippen molar-refractivity contribution in [1.29, 1.82) is 0 Å². The van der Waals surface area contributed by atoms with E-state index in [1.54, 1.807) is 20.8 Å². The van der Waals surface area contributed by atoms with Gasteiger partial charge in [0.25, 0.3) is 0 Å². The number of hydrogen-bond acceptors (Lipinski definition) is 7. The molecule has 0 radical (unpaired) electrons. The molecule has 0 saturated carbocycles. The molecule has 1 unspecified atom stereocenters. The summed E-state index contributed by atoms with van der Waals surface area (Å²) in [5.41, 5.74) is -0.658. The van der Waals surface area contributed by atoms with E-state index in [2.05, 4.69) is 9.50 Å². The molecule has 0 aromatic rings. The first kappa shape index (κ1) is 15.0. The summed E-state index contributed by atoms with van der Waals surface area (Å²) >= 11 is 0.372. The Morgan fingerprint density at radius 1 is 1.38 bits per heavy atom. The van der Waals surface area contributed by atoms with Gasteiger partial charge in [0.2, 0.25) is 6.23 Å². The second-order valence-corrected chi connectivity index (χ2v) is 4.12. The molecular weight excluding hydrogens is 236 g/mol. The Kier molecular flexibility index (Phi) is 6.16. The molecule has 7 nitrogen and oxygen atoms in total. The molecule has 0 bridgehead atoms. The molecule has 1 amide bonds. The molecule has 0 spiro atoms. The van der Waals surface area contributed by atoms with Crippen LogP contribution in [0.3, 0.4) is 0 Å². The first-order valence-electron chi connectivity index (χ1n) is 4.39. The normalized spacial score (nSPS) is 12.8. The summed E-state index contributed by atoms with van der Waals surface area (Å²) in [4.78, 5) is 22.4. The minimum Gasteiger partial charge on any atom is -0.444 e. The largest absolute Gasteiger partial charge is 0.444 e. The van der Waals surface area contributed by atoms with E-state index in [-0.39, 0.29) is 0 Å². The predicted octanol–water partition coefficient (Wildman–Crippen LogP) is 0.549. The van der Waals surface area contributed by atoms with Gasteiger partial charge in [-0.05, 0) is 20.8 Å². The summed E-state index contributed by atoms with van der Waals surface area (Å²) in [5, 5.41) is 7.11. The van der Waals surface area contributed by atoms with Crippen molar-refractivity contribution in [3.05, 3.63) is 0 Å². The number of carbonyl (C=O) groups is 2. The molecular formula is C8H16N2O5S. The van der Waals surface area contributed by atoms with Gasteiger partial charge < -0.3 is 13.7 Å². The number of nitrogens with two attached hydrogens (primary N) is 1. The Balaban J connectivity index is 4.22. The highest BCUT2D eigenvalue weighted by molar-refractivity contribution is 7.92. The quantitative estimate of drug-likeness (QED) is 0.428. The summed E-state index contributed by atoms with van der Waals surface area (Å²) in [5.74, 6) is -0.819. The van der Waals surface area contributed by atoms with Gasteiger partial charge in [0.15, 0.2) is 0 Å². The highest BCUT2D eigenvalue weighted by Crippen LogP contribution is 2.07. The molecule has 0 aromatic carbocycles. The van der Waals surface area contributed by atoms with Crippen LogP contribution in [0.1, 0.15) is 20.8 Å². The van der Waals surface area contributed by atoms with Crippen molar-refractivity contribution in [2.45, 2.75) is 32.6 Å². The number of alkyl carbamates (subject to hydrolysis) is 1. The molecule has 0 aromatic heterocycles. The summed E-state index contributed by atoms with van der Waals surface area (Å²) in [6, 6.07) is 0. The van der Waals surface area contributed by atoms with E-state index in [4.69, 9.17) is 14.6 Å². The highest BCUT2D eigenvalue weighted by Gasteiger charge is 2.25. The van der Waals surface area contributed by atoms with Gasteiger partial charge in [0.1, 0.15) is 17.8 Å². The third-order valence-corrected chi connectivity index (χ3v) is 1.49. The maximum Gasteiger partial charge on any atom is 0.410 e. The molecule has 0 saturated heterocycles. The minimum absolute atomic E-state index is 0.372. The molecule has 1 atom stereocenters. The second kappa shape index (κ2) is 6.56. The number of carbonyl (C=O) groups excluding carboxylic acids is 2. The maximum atomic E-state index is 11.3. The van der Waals surface area contributed by atoms with Gasteiger partial charge >= 0.3 is 12.1 Å². The topological polar surface area (TPSA) is 99.9 Å². The van der Waals surface area contributed by atoms with Gasteiger partial charge in [-0.15, -0.1) is 0 Å². The molecule has 0 aliphatic heterocycles. The van der Waals surface area contributed by atoms with Gasteiger partial charge in [0, 0.05) is 7.11 Å². The van der Waals surface area contributed by atoms with Crippen LogP contribution in [0.2, 0.25) is 0 Å². The monoisotopic (exact) mass is 252 g/mol. The van der Waals surface area contributed by atoms with Crippen LogP contribution < -0.4 is 10.5 Å². The Bertz CT molecular complexity index is 253. The van der Waals surface area contributed by atoms with Crippen LogP contribution in [0.15, 0.2) is 0 Å². The average molecular weight is 252 g/mol. The number of nitrogens with one attached hydrogen (secondary N) is 1. The zero-order valence-electron chi connectivity index (χ0n) is 9.60. The van der Waals surface area contributed by atoms with E-state index in [1.807, 2.05) is 0 Å². The van der Waals surface area contributed by atoms with Crippen LogP contribution in [0.4, 0.5) is 4.79 Å². The maximum absolute atomic E-state index is 11.3. The smallest absolute Gasteiger partial charge is 0.410 e. The molecule has 0 aliphatic rings. The van der Waals surface area contributed by atoms with Crippen LogP contribution in [0.25, 0.3) is 0 Å². The third-order valence-electron chi connectivity index (χ3n) is 1.23. The van der Waals surface area contributed by atoms with Gasteiger partial charge in [-0.2, -0.15) is 0 Å². The van der Waals surface area contributed by atoms with Crippen molar-refractivity contribution < 1.29 is 23.2 Å². The molecule has 0 fully saturated rings. The number of hydrogen-bond donors (Lipinski definition) is 2. The lowest BCUT2D eigenvalue weighted by molar-refractivity contribution is -0.146. The van der Waals surface area contributed by atoms with Crippen molar-refractivity contribution in [1.82, 2.24) is 5.32 Å². The van der Waals surface area contributed by atoms with Crippen LogP contribution in [-0.2, 0) is 18.5 Å². The first-order chi connectivity index (χ1) is 7.30. The number of ether oxygens (including phenoxy) is 2. The summed E-state index contributed by atoms with van der Waals surface area (Å²) < 4.78 is 14.0.